The Morgan fingerprint density at radius 1 is 1.38 bits per heavy atom. The molecule has 1 rings (SSSR count). The quantitative estimate of drug-likeness (QED) is 0.560. The molecule has 72 valence electrons. The Hall–Kier alpha value is -1.07. The zero-order valence-corrected chi connectivity index (χ0v) is 8.22. The van der Waals surface area contributed by atoms with Crippen molar-refractivity contribution in [1.29, 1.82) is 0 Å². The molecule has 0 aliphatic rings. The van der Waals surface area contributed by atoms with Crippen molar-refractivity contribution in [1.82, 2.24) is 0 Å². The van der Waals surface area contributed by atoms with Crippen LogP contribution >= 0.6 is 0 Å². The minimum Gasteiger partial charge on any atom is -0.398 e. The first kappa shape index (κ1) is 10.0. The molecule has 0 bridgehead atoms. The van der Waals surface area contributed by atoms with E-state index in [0.29, 0.717) is 11.4 Å². The highest BCUT2D eigenvalue weighted by molar-refractivity contribution is 7.74. The van der Waals surface area contributed by atoms with Crippen molar-refractivity contribution in [2.24, 2.45) is 0 Å². The van der Waals surface area contributed by atoms with Crippen LogP contribution in [0.3, 0.4) is 0 Å². The van der Waals surface area contributed by atoms with Crippen LogP contribution in [0.1, 0.15) is 11.1 Å². The zero-order valence-electron chi connectivity index (χ0n) is 7.40. The molecule has 1 atom stereocenters. The van der Waals surface area contributed by atoms with E-state index in [0.717, 1.165) is 11.1 Å². The molecule has 0 aromatic heterocycles. The topological polar surface area (TPSA) is 72.5 Å². The summed E-state index contributed by atoms with van der Waals surface area (Å²) < 4.78 is 23.5. The van der Waals surface area contributed by atoms with Gasteiger partial charge in [-0.3, -0.25) is 4.55 Å². The highest BCUT2D eigenvalue weighted by atomic mass is 32.2. The smallest absolute Gasteiger partial charge is 0.357 e. The van der Waals surface area contributed by atoms with E-state index < -0.39 is 11.4 Å². The molecule has 0 saturated carbocycles. The fourth-order valence-electron chi connectivity index (χ4n) is 1.01. The Labute approximate surface area is 79.2 Å². The molecule has 1 aromatic carbocycles. The van der Waals surface area contributed by atoms with Crippen molar-refractivity contribution in [2.75, 3.05) is 5.73 Å². The Morgan fingerprint density at radius 3 is 2.54 bits per heavy atom. The number of nitrogens with two attached hydrogens (primary N) is 1. The molecular weight excluding hydrogens is 190 g/mol. The summed E-state index contributed by atoms with van der Waals surface area (Å²) in [6.45, 7) is 3.65. The minimum absolute atomic E-state index is 0.337. The van der Waals surface area contributed by atoms with Gasteiger partial charge in [-0.15, -0.1) is 0 Å². The lowest BCUT2D eigenvalue weighted by atomic mass is 10.1. The van der Waals surface area contributed by atoms with Crippen LogP contribution in [-0.2, 0) is 11.4 Å². The van der Waals surface area contributed by atoms with Gasteiger partial charge in [0, 0.05) is 11.8 Å². The van der Waals surface area contributed by atoms with Gasteiger partial charge in [0.2, 0.25) is 0 Å². The Balaban J connectivity index is 3.08. The third-order valence-electron chi connectivity index (χ3n) is 1.72. The van der Waals surface area contributed by atoms with Gasteiger partial charge in [0.05, 0.1) is 0 Å². The number of benzene rings is 1. The molecule has 0 amide bonds. The van der Waals surface area contributed by atoms with Gasteiger partial charge in [0.15, 0.2) is 0 Å². The SMILES string of the molecule is Cc1cc(C)c(OS(=O)O)cc1N. The summed E-state index contributed by atoms with van der Waals surface area (Å²) in [7, 11) is 0. The maximum atomic E-state index is 10.4. The van der Waals surface area contributed by atoms with Crippen molar-refractivity contribution in [3.8, 4) is 5.75 Å². The maximum absolute atomic E-state index is 10.4. The summed E-state index contributed by atoms with van der Waals surface area (Å²) in [5, 5.41) is 0. The second-order valence-corrected chi connectivity index (χ2v) is 3.38. The average molecular weight is 201 g/mol. The maximum Gasteiger partial charge on any atom is 0.357 e. The van der Waals surface area contributed by atoms with Gasteiger partial charge >= 0.3 is 11.4 Å². The van der Waals surface area contributed by atoms with E-state index in [-0.39, 0.29) is 0 Å². The van der Waals surface area contributed by atoms with E-state index in [1.807, 2.05) is 6.92 Å². The summed E-state index contributed by atoms with van der Waals surface area (Å²) in [5.74, 6) is 0.337. The fraction of sp³-hybridized carbons (Fsp3) is 0.250. The first-order valence-electron chi connectivity index (χ1n) is 3.66. The number of rotatable bonds is 2. The van der Waals surface area contributed by atoms with E-state index in [1.54, 1.807) is 19.1 Å². The lowest BCUT2D eigenvalue weighted by Gasteiger charge is -2.07. The molecule has 0 spiro atoms. The van der Waals surface area contributed by atoms with Crippen molar-refractivity contribution in [3.05, 3.63) is 23.3 Å². The van der Waals surface area contributed by atoms with E-state index in [4.69, 9.17) is 10.3 Å². The highest BCUT2D eigenvalue weighted by Gasteiger charge is 2.05. The number of anilines is 1. The fourth-order valence-corrected chi connectivity index (χ4v) is 1.35. The lowest BCUT2D eigenvalue weighted by molar-refractivity contribution is 0.456. The first-order chi connectivity index (χ1) is 6.00. The number of hydrogen-bond acceptors (Lipinski definition) is 3. The zero-order chi connectivity index (χ0) is 10.0. The Bertz CT molecular complexity index is 351. The average Bonchev–Trinajstić information content (AvgIpc) is 1.99. The van der Waals surface area contributed by atoms with Crippen LogP contribution < -0.4 is 9.92 Å². The molecular formula is C8H11NO3S. The second kappa shape index (κ2) is 3.76. The molecule has 0 aliphatic heterocycles. The molecule has 0 saturated heterocycles. The van der Waals surface area contributed by atoms with E-state index in [9.17, 15) is 4.21 Å². The molecule has 0 heterocycles. The van der Waals surface area contributed by atoms with Gasteiger partial charge in [-0.05, 0) is 25.0 Å². The van der Waals surface area contributed by atoms with Crippen molar-refractivity contribution in [3.63, 3.8) is 0 Å². The number of nitrogen functional groups attached to an aromatic ring is 1. The van der Waals surface area contributed by atoms with Crippen molar-refractivity contribution >= 4 is 17.0 Å². The third-order valence-corrected chi connectivity index (χ3v) is 2.05. The van der Waals surface area contributed by atoms with Gasteiger partial charge in [0.25, 0.3) is 0 Å². The first-order valence-corrected chi connectivity index (χ1v) is 4.70. The van der Waals surface area contributed by atoms with Crippen LogP contribution in [0.5, 0.6) is 5.75 Å². The molecule has 0 fully saturated rings. The largest absolute Gasteiger partial charge is 0.398 e. The molecule has 3 N–H and O–H groups in total. The normalized spacial score (nSPS) is 12.5. The molecule has 0 aliphatic carbocycles. The van der Waals surface area contributed by atoms with Gasteiger partial charge < -0.3 is 9.92 Å². The molecule has 1 unspecified atom stereocenters. The minimum atomic E-state index is -2.30. The van der Waals surface area contributed by atoms with E-state index in [1.165, 1.54) is 0 Å². The van der Waals surface area contributed by atoms with Gasteiger partial charge in [-0.25, -0.2) is 0 Å². The highest BCUT2D eigenvalue weighted by Crippen LogP contribution is 2.24. The van der Waals surface area contributed by atoms with Crippen LogP contribution in [0.4, 0.5) is 5.69 Å². The van der Waals surface area contributed by atoms with E-state index in [2.05, 4.69) is 4.18 Å². The van der Waals surface area contributed by atoms with Crippen LogP contribution in [-0.4, -0.2) is 8.76 Å². The molecule has 5 heteroatoms. The Morgan fingerprint density at radius 2 is 2.00 bits per heavy atom. The predicted molar refractivity (Wildman–Crippen MR) is 51.7 cm³/mol. The van der Waals surface area contributed by atoms with Crippen LogP contribution in [0.15, 0.2) is 12.1 Å². The van der Waals surface area contributed by atoms with Crippen molar-refractivity contribution in [2.45, 2.75) is 13.8 Å². The molecule has 0 radical (unpaired) electrons. The number of hydrogen-bond donors (Lipinski definition) is 2. The second-order valence-electron chi connectivity index (χ2n) is 2.77. The Kier molecular flexibility index (Phi) is 2.90. The van der Waals surface area contributed by atoms with Gasteiger partial charge in [-0.2, -0.15) is 4.21 Å². The monoisotopic (exact) mass is 201 g/mol. The third kappa shape index (κ3) is 2.43. The van der Waals surface area contributed by atoms with Gasteiger partial charge in [-0.1, -0.05) is 6.07 Å². The standard InChI is InChI=1S/C8H11NO3S/c1-5-3-6(2)8(4-7(5)9)12-13(10)11/h3-4H,9H2,1-2H3,(H,10,11). The van der Waals surface area contributed by atoms with Crippen molar-refractivity contribution < 1.29 is 12.9 Å². The molecule has 13 heavy (non-hydrogen) atoms. The summed E-state index contributed by atoms with van der Waals surface area (Å²) in [4.78, 5) is 0. The summed E-state index contributed by atoms with van der Waals surface area (Å²) in [5.41, 5.74) is 7.86. The van der Waals surface area contributed by atoms with Crippen LogP contribution in [0.25, 0.3) is 0 Å². The summed E-state index contributed by atoms with van der Waals surface area (Å²) in [6.07, 6.45) is 0. The predicted octanol–water partition coefficient (Wildman–Crippen LogP) is 1.40. The summed E-state index contributed by atoms with van der Waals surface area (Å²) >= 11 is -2.30. The van der Waals surface area contributed by atoms with E-state index >= 15 is 0 Å². The van der Waals surface area contributed by atoms with Gasteiger partial charge in [0.1, 0.15) is 5.75 Å². The van der Waals surface area contributed by atoms with Crippen LogP contribution in [0, 0.1) is 13.8 Å². The number of aryl methyl sites for hydroxylation is 2. The molecule has 1 aromatic rings. The lowest BCUT2D eigenvalue weighted by Crippen LogP contribution is -2.01. The van der Waals surface area contributed by atoms with Crippen LogP contribution in [0.2, 0.25) is 0 Å². The summed E-state index contributed by atoms with van der Waals surface area (Å²) in [6, 6.07) is 3.34. The molecule has 4 nitrogen and oxygen atoms in total.